The molecule has 4 rings (SSSR count). The molecule has 0 unspecified atom stereocenters. The van der Waals surface area contributed by atoms with Gasteiger partial charge in [0, 0.05) is 24.0 Å². The lowest BCUT2D eigenvalue weighted by Gasteiger charge is -2.13. The summed E-state index contributed by atoms with van der Waals surface area (Å²) < 4.78 is 12.1. The highest BCUT2D eigenvalue weighted by atomic mass is 16.5. The normalized spacial score (nSPS) is 10.6. The van der Waals surface area contributed by atoms with Gasteiger partial charge in [0.15, 0.2) is 0 Å². The molecule has 35 heavy (non-hydrogen) atoms. The fraction of sp³-hybridized carbons (Fsp3) is 0.154. The predicted molar refractivity (Wildman–Crippen MR) is 132 cm³/mol. The smallest absolute Gasteiger partial charge is 0.339 e. The third kappa shape index (κ3) is 5.47. The molecule has 0 fully saturated rings. The van der Waals surface area contributed by atoms with Crippen molar-refractivity contribution in [2.75, 3.05) is 17.7 Å². The van der Waals surface area contributed by atoms with Gasteiger partial charge in [0.1, 0.15) is 18.0 Å². The van der Waals surface area contributed by atoms with Crippen molar-refractivity contribution in [1.29, 1.82) is 0 Å². The van der Waals surface area contributed by atoms with Gasteiger partial charge in [0.2, 0.25) is 0 Å². The third-order valence-corrected chi connectivity index (χ3v) is 5.28. The number of esters is 1. The van der Waals surface area contributed by atoms with Crippen LogP contribution in [0.2, 0.25) is 0 Å². The molecule has 0 aliphatic carbocycles. The van der Waals surface area contributed by atoms with E-state index < -0.39 is 12.0 Å². The minimum Gasteiger partial charge on any atom is -0.487 e. The Morgan fingerprint density at radius 2 is 1.80 bits per heavy atom. The van der Waals surface area contributed by atoms with E-state index >= 15 is 0 Å². The lowest BCUT2D eigenvalue weighted by molar-refractivity contribution is 0.0602. The monoisotopic (exact) mass is 472 g/mol. The average molecular weight is 473 g/mol. The molecule has 0 saturated carbocycles. The van der Waals surface area contributed by atoms with Crippen LogP contribution in [0.25, 0.3) is 5.65 Å². The van der Waals surface area contributed by atoms with E-state index in [1.807, 2.05) is 26.0 Å². The number of aromatic nitrogens is 2. The van der Waals surface area contributed by atoms with Gasteiger partial charge < -0.3 is 20.1 Å². The molecule has 9 heteroatoms. The summed E-state index contributed by atoms with van der Waals surface area (Å²) in [7, 11) is 1.28. The van der Waals surface area contributed by atoms with Crippen LogP contribution in [-0.2, 0) is 11.3 Å². The molecule has 2 amide bonds. The SMILES string of the molecule is COC(=O)c1ccccc1NC(=O)Nc1ccc(C)c(OCc2cc(=O)n3ccc(C)cc3n2)c1. The van der Waals surface area contributed by atoms with Crippen molar-refractivity contribution in [3.63, 3.8) is 0 Å². The second-order valence-electron chi connectivity index (χ2n) is 7.90. The number of hydrogen-bond donors (Lipinski definition) is 2. The first-order chi connectivity index (χ1) is 16.8. The molecular weight excluding hydrogens is 448 g/mol. The number of anilines is 2. The highest BCUT2D eigenvalue weighted by Gasteiger charge is 2.14. The van der Waals surface area contributed by atoms with E-state index in [1.165, 1.54) is 17.6 Å². The lowest BCUT2D eigenvalue weighted by atomic mass is 10.2. The van der Waals surface area contributed by atoms with Gasteiger partial charge in [0.05, 0.1) is 24.1 Å². The van der Waals surface area contributed by atoms with Gasteiger partial charge in [-0.15, -0.1) is 0 Å². The van der Waals surface area contributed by atoms with E-state index in [4.69, 9.17) is 9.47 Å². The second-order valence-corrected chi connectivity index (χ2v) is 7.90. The van der Waals surface area contributed by atoms with Crippen LogP contribution in [0.1, 0.15) is 27.2 Å². The van der Waals surface area contributed by atoms with Gasteiger partial charge >= 0.3 is 12.0 Å². The lowest BCUT2D eigenvalue weighted by Crippen LogP contribution is -2.21. The number of nitrogens with one attached hydrogen (secondary N) is 2. The Bertz CT molecular complexity index is 1480. The zero-order chi connectivity index (χ0) is 24.9. The van der Waals surface area contributed by atoms with Crippen LogP contribution in [0.4, 0.5) is 16.2 Å². The Kier molecular flexibility index (Phi) is 6.77. The quantitative estimate of drug-likeness (QED) is 0.404. The maximum Gasteiger partial charge on any atom is 0.339 e. The van der Waals surface area contributed by atoms with Crippen molar-refractivity contribution in [3.05, 3.63) is 99.6 Å². The minimum atomic E-state index is -0.552. The first-order valence-electron chi connectivity index (χ1n) is 10.8. The van der Waals surface area contributed by atoms with E-state index in [2.05, 4.69) is 15.6 Å². The number of fused-ring (bicyclic) bond motifs is 1. The van der Waals surface area contributed by atoms with Crippen LogP contribution < -0.4 is 20.9 Å². The van der Waals surface area contributed by atoms with Gasteiger partial charge in [-0.25, -0.2) is 14.6 Å². The maximum absolute atomic E-state index is 12.5. The fourth-order valence-corrected chi connectivity index (χ4v) is 3.48. The van der Waals surface area contributed by atoms with Crippen LogP contribution >= 0.6 is 0 Å². The molecule has 0 bridgehead atoms. The molecule has 0 radical (unpaired) electrons. The predicted octanol–water partition coefficient (Wildman–Crippen LogP) is 4.32. The number of pyridine rings is 1. The molecule has 0 spiro atoms. The van der Waals surface area contributed by atoms with E-state index in [9.17, 15) is 14.4 Å². The Morgan fingerprint density at radius 3 is 2.60 bits per heavy atom. The molecular formula is C26H24N4O5. The summed E-state index contributed by atoms with van der Waals surface area (Å²) in [6, 6.07) is 16.4. The topological polar surface area (TPSA) is 111 Å². The van der Waals surface area contributed by atoms with Crippen LogP contribution in [0.3, 0.4) is 0 Å². The summed E-state index contributed by atoms with van der Waals surface area (Å²) >= 11 is 0. The van der Waals surface area contributed by atoms with Crippen LogP contribution in [0.15, 0.2) is 71.7 Å². The van der Waals surface area contributed by atoms with Crippen molar-refractivity contribution >= 4 is 29.0 Å². The Hall–Kier alpha value is -4.66. The molecule has 178 valence electrons. The minimum absolute atomic E-state index is 0.0860. The standard InChI is InChI=1S/C26H24N4O5/c1-16-10-11-30-23(12-16)27-19(14-24(30)31)15-35-22-13-18(9-8-17(22)2)28-26(33)29-21-7-5-4-6-20(21)25(32)34-3/h4-14H,15H2,1-3H3,(H2,28,29,33). The first-order valence-corrected chi connectivity index (χ1v) is 10.8. The number of benzene rings is 2. The number of nitrogens with zero attached hydrogens (tertiary/aromatic N) is 2. The zero-order valence-electron chi connectivity index (χ0n) is 19.5. The Labute approximate surface area is 201 Å². The van der Waals surface area contributed by atoms with Gasteiger partial charge in [-0.05, 0) is 55.3 Å². The largest absolute Gasteiger partial charge is 0.487 e. The van der Waals surface area contributed by atoms with Gasteiger partial charge in [-0.3, -0.25) is 9.20 Å². The van der Waals surface area contributed by atoms with Crippen molar-refractivity contribution in [2.45, 2.75) is 20.5 Å². The van der Waals surface area contributed by atoms with Crippen LogP contribution in [0.5, 0.6) is 5.75 Å². The average Bonchev–Trinajstić information content (AvgIpc) is 2.84. The molecule has 0 aliphatic heterocycles. The fourth-order valence-electron chi connectivity index (χ4n) is 3.48. The molecule has 2 heterocycles. The molecule has 2 aromatic carbocycles. The Balaban J connectivity index is 1.47. The maximum atomic E-state index is 12.5. The number of amides is 2. The molecule has 9 nitrogen and oxygen atoms in total. The number of para-hydroxylation sites is 1. The van der Waals surface area contributed by atoms with Gasteiger partial charge in [0.25, 0.3) is 5.56 Å². The Morgan fingerprint density at radius 1 is 1.00 bits per heavy atom. The van der Waals surface area contributed by atoms with Gasteiger partial charge in [-0.1, -0.05) is 18.2 Å². The number of methoxy groups -OCH3 is 1. The summed E-state index contributed by atoms with van der Waals surface area (Å²) in [5.41, 5.74) is 3.75. The van der Waals surface area contributed by atoms with Crippen LogP contribution in [0, 0.1) is 13.8 Å². The number of aryl methyl sites for hydroxylation is 2. The van der Waals surface area contributed by atoms with Crippen molar-refractivity contribution < 1.29 is 19.1 Å². The number of carbonyl (C=O) groups is 2. The number of carbonyl (C=O) groups excluding carboxylic acids is 2. The van der Waals surface area contributed by atoms with Crippen molar-refractivity contribution in [2.24, 2.45) is 0 Å². The summed E-state index contributed by atoms with van der Waals surface area (Å²) in [5, 5.41) is 5.38. The number of rotatable bonds is 6. The van der Waals surface area contributed by atoms with E-state index in [0.717, 1.165) is 11.1 Å². The highest BCUT2D eigenvalue weighted by Crippen LogP contribution is 2.24. The molecule has 0 aliphatic rings. The third-order valence-electron chi connectivity index (χ3n) is 5.28. The molecule has 2 aromatic heterocycles. The second kappa shape index (κ2) is 10.1. The van der Waals surface area contributed by atoms with Crippen molar-refractivity contribution in [1.82, 2.24) is 9.38 Å². The van der Waals surface area contributed by atoms with E-state index in [-0.39, 0.29) is 17.7 Å². The van der Waals surface area contributed by atoms with Crippen molar-refractivity contribution in [3.8, 4) is 5.75 Å². The van der Waals surface area contributed by atoms with E-state index in [0.29, 0.717) is 28.5 Å². The van der Waals surface area contributed by atoms with Crippen LogP contribution in [-0.4, -0.2) is 28.5 Å². The summed E-state index contributed by atoms with van der Waals surface area (Å²) in [6.07, 6.45) is 1.69. The molecule has 0 atom stereocenters. The molecule has 2 N–H and O–H groups in total. The number of hydrogen-bond acceptors (Lipinski definition) is 6. The summed E-state index contributed by atoms with van der Waals surface area (Å²) in [6.45, 7) is 3.89. The molecule has 0 saturated heterocycles. The summed E-state index contributed by atoms with van der Waals surface area (Å²) in [5.74, 6) is -0.0204. The first kappa shape index (κ1) is 23.5. The highest BCUT2D eigenvalue weighted by molar-refractivity contribution is 6.05. The number of urea groups is 1. The van der Waals surface area contributed by atoms with E-state index in [1.54, 1.807) is 48.7 Å². The zero-order valence-corrected chi connectivity index (χ0v) is 19.5. The van der Waals surface area contributed by atoms with Gasteiger partial charge in [-0.2, -0.15) is 0 Å². The summed E-state index contributed by atoms with van der Waals surface area (Å²) in [4.78, 5) is 41.4. The number of ether oxygens (including phenoxy) is 2. The molecule has 4 aromatic rings.